The first-order valence-electron chi connectivity index (χ1n) is 15.9. The molecule has 0 bridgehead atoms. The monoisotopic (exact) mass is 612 g/mol. The van der Waals surface area contributed by atoms with Crippen LogP contribution < -0.4 is 0 Å². The molecule has 0 aromatic heterocycles. The van der Waals surface area contributed by atoms with Gasteiger partial charge in [0.15, 0.2) is 25.1 Å². The molecule has 0 radical (unpaired) electrons. The van der Waals surface area contributed by atoms with Gasteiger partial charge in [0.1, 0.15) is 0 Å². The highest BCUT2D eigenvalue weighted by atomic mass is 16.1. The van der Waals surface area contributed by atoms with Gasteiger partial charge in [0, 0.05) is 44.5 Å². The summed E-state index contributed by atoms with van der Waals surface area (Å²) in [4.78, 5) is 51.0. The summed E-state index contributed by atoms with van der Waals surface area (Å²) in [5, 5.41) is 11.7. The Kier molecular flexibility index (Phi) is 4.61. The van der Waals surface area contributed by atoms with Gasteiger partial charge in [-0.1, -0.05) is 97.1 Å². The summed E-state index contributed by atoms with van der Waals surface area (Å²) in [6.07, 6.45) is 3.69. The molecule has 4 nitrogen and oxygen atoms in total. The van der Waals surface area contributed by atoms with Crippen molar-refractivity contribution in [3.05, 3.63) is 119 Å². The van der Waals surface area contributed by atoms with E-state index in [1.165, 1.54) is 0 Å². The van der Waals surface area contributed by atoms with E-state index in [2.05, 4.69) is 48.5 Å². The van der Waals surface area contributed by atoms with Crippen LogP contribution in [0.4, 0.5) is 0 Å². The molecule has 4 heteroatoms. The molecule has 9 aromatic carbocycles. The van der Waals surface area contributed by atoms with Crippen LogP contribution in [0.1, 0.15) is 41.4 Å². The van der Waals surface area contributed by atoms with Gasteiger partial charge in [-0.3, -0.25) is 19.2 Å². The molecule has 9 aromatic rings. The Balaban J connectivity index is 1.31. The number of carbonyl (C=O) groups is 4. The maximum Gasteiger partial charge on any atom is 0.151 e. The predicted molar refractivity (Wildman–Crippen MR) is 193 cm³/mol. The third-order valence-electron chi connectivity index (χ3n) is 11.0. The largest absolute Gasteiger partial charge is 0.298 e. The fourth-order valence-corrected chi connectivity index (χ4v) is 9.31. The summed E-state index contributed by atoms with van der Waals surface area (Å²) >= 11 is 0. The fourth-order valence-electron chi connectivity index (χ4n) is 9.31. The molecule has 2 aliphatic rings. The lowest BCUT2D eigenvalue weighted by Crippen LogP contribution is -1.96. The second-order valence-corrected chi connectivity index (χ2v) is 12.9. The molecule has 0 aliphatic heterocycles. The van der Waals surface area contributed by atoms with Crippen molar-refractivity contribution >= 4 is 89.8 Å². The smallest absolute Gasteiger partial charge is 0.151 e. The van der Waals surface area contributed by atoms with Crippen LogP contribution in [0.3, 0.4) is 0 Å². The molecule has 0 atom stereocenters. The quantitative estimate of drug-likeness (QED) is 0.113. The van der Waals surface area contributed by atoms with Crippen molar-refractivity contribution in [3.8, 4) is 44.5 Å². The second-order valence-electron chi connectivity index (χ2n) is 12.9. The van der Waals surface area contributed by atoms with Crippen molar-refractivity contribution in [2.75, 3.05) is 0 Å². The van der Waals surface area contributed by atoms with Gasteiger partial charge in [0.2, 0.25) is 0 Å². The first kappa shape index (κ1) is 25.6. The van der Waals surface area contributed by atoms with Gasteiger partial charge < -0.3 is 0 Å². The normalized spacial score (nSPS) is 12.5. The standard InChI is InChI=1S/C44H20O4/c45-17-33-21-5-1-2-6-22(21)34(18-46)42-30-14-10-26-28-12-16-32-40-31(43-35(19-47)23-7-3-4-8-24(23)36(20-48)44(32)43)15-11-27(38(28)40)25-9-13-29(41(33)42)39(30)37(25)26/h1-20H. The third kappa shape index (κ3) is 2.69. The highest BCUT2D eigenvalue weighted by Gasteiger charge is 2.33. The summed E-state index contributed by atoms with van der Waals surface area (Å²) in [6, 6.07) is 32.2. The molecule has 0 saturated heterocycles. The minimum Gasteiger partial charge on any atom is -0.298 e. The molecule has 48 heavy (non-hydrogen) atoms. The number of hydrogen-bond donors (Lipinski definition) is 0. The van der Waals surface area contributed by atoms with Crippen molar-refractivity contribution in [1.82, 2.24) is 0 Å². The summed E-state index contributed by atoms with van der Waals surface area (Å²) in [7, 11) is 0. The molecule has 2 aliphatic carbocycles. The van der Waals surface area contributed by atoms with Crippen LogP contribution in [0, 0.1) is 0 Å². The van der Waals surface area contributed by atoms with E-state index in [1.54, 1.807) is 0 Å². The second kappa shape index (κ2) is 8.64. The Hall–Kier alpha value is -6.52. The number of fused-ring (bicyclic) bond motifs is 10. The summed E-state index contributed by atoms with van der Waals surface area (Å²) in [5.74, 6) is 0. The number of carbonyl (C=O) groups excluding carboxylic acids is 4. The summed E-state index contributed by atoms with van der Waals surface area (Å²) in [6.45, 7) is 0. The van der Waals surface area contributed by atoms with Crippen LogP contribution in [0.25, 0.3) is 109 Å². The van der Waals surface area contributed by atoms with Crippen molar-refractivity contribution in [2.45, 2.75) is 0 Å². The van der Waals surface area contributed by atoms with Crippen LogP contribution in [0.2, 0.25) is 0 Å². The molecule has 0 heterocycles. The highest BCUT2D eigenvalue weighted by molar-refractivity contribution is 6.41. The molecule has 0 fully saturated rings. The van der Waals surface area contributed by atoms with Crippen LogP contribution in [-0.2, 0) is 0 Å². The van der Waals surface area contributed by atoms with Crippen LogP contribution >= 0.6 is 0 Å². The highest BCUT2D eigenvalue weighted by Crippen LogP contribution is 2.58. The van der Waals surface area contributed by atoms with E-state index in [0.29, 0.717) is 22.3 Å². The zero-order valence-corrected chi connectivity index (χ0v) is 25.2. The van der Waals surface area contributed by atoms with Gasteiger partial charge in [0.25, 0.3) is 0 Å². The Bertz CT molecular complexity index is 2670. The first-order valence-corrected chi connectivity index (χ1v) is 15.9. The van der Waals surface area contributed by atoms with Gasteiger partial charge in [-0.25, -0.2) is 0 Å². The lowest BCUT2D eigenvalue weighted by Gasteiger charge is -2.17. The Morgan fingerprint density at radius 3 is 0.750 bits per heavy atom. The average molecular weight is 613 g/mol. The topological polar surface area (TPSA) is 68.3 Å². The third-order valence-corrected chi connectivity index (χ3v) is 11.0. The molecular weight excluding hydrogens is 592 g/mol. The van der Waals surface area contributed by atoms with Gasteiger partial charge >= 0.3 is 0 Å². The molecule has 220 valence electrons. The Morgan fingerprint density at radius 1 is 0.271 bits per heavy atom. The van der Waals surface area contributed by atoms with E-state index < -0.39 is 0 Å². The Labute approximate surface area is 272 Å². The molecule has 0 unspecified atom stereocenters. The lowest BCUT2D eigenvalue weighted by atomic mass is 9.86. The van der Waals surface area contributed by atoms with Gasteiger partial charge in [-0.2, -0.15) is 0 Å². The SMILES string of the molecule is O=Cc1c2c(c(C=O)c3ccccc13)-c1ccc3c4ccc5c6c(ccc(c7ccc-2c1c73)c64)-c1c-5c(C=O)c2ccccc2c1C=O. The van der Waals surface area contributed by atoms with Crippen LogP contribution in [0.15, 0.2) is 97.1 Å². The number of aldehydes is 4. The zero-order valence-electron chi connectivity index (χ0n) is 25.2. The van der Waals surface area contributed by atoms with Gasteiger partial charge in [-0.15, -0.1) is 0 Å². The van der Waals surface area contributed by atoms with Crippen molar-refractivity contribution < 1.29 is 19.2 Å². The minimum atomic E-state index is 0.597. The maximum atomic E-state index is 12.7. The molecule has 0 saturated carbocycles. The van der Waals surface area contributed by atoms with E-state index in [9.17, 15) is 19.2 Å². The Morgan fingerprint density at radius 2 is 0.521 bits per heavy atom. The summed E-state index contributed by atoms with van der Waals surface area (Å²) in [5.41, 5.74) is 9.48. The molecular formula is C44H20O4. The zero-order chi connectivity index (χ0) is 32.0. The first-order chi connectivity index (χ1) is 23.7. The van der Waals surface area contributed by atoms with Crippen LogP contribution in [0.5, 0.6) is 0 Å². The predicted octanol–water partition coefficient (Wildman–Crippen LogP) is 10.6. The molecule has 0 amide bonds. The molecule has 11 rings (SSSR count). The van der Waals surface area contributed by atoms with E-state index in [0.717, 1.165) is 134 Å². The summed E-state index contributed by atoms with van der Waals surface area (Å²) < 4.78 is 0. The van der Waals surface area contributed by atoms with Crippen molar-refractivity contribution in [2.24, 2.45) is 0 Å². The van der Waals surface area contributed by atoms with Crippen molar-refractivity contribution in [1.29, 1.82) is 0 Å². The fraction of sp³-hybridized carbons (Fsp3) is 0. The maximum absolute atomic E-state index is 12.7. The van der Waals surface area contributed by atoms with Crippen LogP contribution in [-0.4, -0.2) is 25.1 Å². The van der Waals surface area contributed by atoms with Gasteiger partial charge in [0.05, 0.1) is 0 Å². The number of rotatable bonds is 4. The lowest BCUT2D eigenvalue weighted by molar-refractivity contribution is 0.111. The number of hydrogen-bond acceptors (Lipinski definition) is 4. The van der Waals surface area contributed by atoms with E-state index in [-0.39, 0.29) is 0 Å². The average Bonchev–Trinajstić information content (AvgIpc) is 3.65. The molecule has 0 spiro atoms. The van der Waals surface area contributed by atoms with E-state index in [4.69, 9.17) is 0 Å². The van der Waals surface area contributed by atoms with E-state index >= 15 is 0 Å². The van der Waals surface area contributed by atoms with E-state index in [1.807, 2.05) is 48.5 Å². The molecule has 0 N–H and O–H groups in total. The van der Waals surface area contributed by atoms with Gasteiger partial charge in [-0.05, 0) is 86.9 Å². The van der Waals surface area contributed by atoms with Crippen molar-refractivity contribution in [3.63, 3.8) is 0 Å². The minimum absolute atomic E-state index is 0.597. The number of benzene rings is 9.